The summed E-state index contributed by atoms with van der Waals surface area (Å²) in [5, 5.41) is -0.193. The zero-order valence-electron chi connectivity index (χ0n) is 21.0. The molecular weight excluding hydrogens is 609 g/mol. The molecule has 0 radical (unpaired) electrons. The van der Waals surface area contributed by atoms with Gasteiger partial charge in [-0.15, -0.1) is 0 Å². The average molecular weight is 629 g/mol. The quantitative estimate of drug-likeness (QED) is 0.129. The molecule has 6 rings (SSSR count). The number of hydrogen-bond acceptors (Lipinski definition) is 6. The molecule has 16 heteroatoms. The molecule has 0 atom stereocenters. The van der Waals surface area contributed by atoms with Crippen LogP contribution in [0.2, 0.25) is 0 Å². The number of rotatable bonds is 4. The van der Waals surface area contributed by atoms with Crippen molar-refractivity contribution in [2.24, 2.45) is 0 Å². The standard InChI is InChI=1S/C26H20N4O9S3/c31-40(32,33)24-17-8-6-15(27-17)23(14-4-2-1-3-5-14)16-7-9-18(28-16)25(41(34,35)36)20-11-13-22(30-20)26(42(37,38)39)21-12-10-19(24)29-21/h1-13,27-30H,(H,31,32,33)(H,34,35,36)(H,37,38,39). The van der Waals surface area contributed by atoms with Crippen LogP contribution in [0.4, 0.5) is 0 Å². The smallest absolute Gasteiger partial charge is 0.298 e. The van der Waals surface area contributed by atoms with E-state index in [4.69, 9.17) is 0 Å². The van der Waals surface area contributed by atoms with E-state index in [2.05, 4.69) is 19.9 Å². The first-order valence-electron chi connectivity index (χ1n) is 12.0. The third-order valence-corrected chi connectivity index (χ3v) is 9.45. The summed E-state index contributed by atoms with van der Waals surface area (Å²) in [5.74, 6) is 0. The second-order valence-electron chi connectivity index (χ2n) is 9.30. The molecule has 5 aromatic rings. The van der Waals surface area contributed by atoms with Gasteiger partial charge in [-0.3, -0.25) is 13.7 Å². The van der Waals surface area contributed by atoms with E-state index in [0.29, 0.717) is 22.2 Å². The average Bonchev–Trinajstić information content (AvgIpc) is 3.68. The molecule has 0 fully saturated rings. The lowest BCUT2D eigenvalue weighted by molar-refractivity contribution is 0.493. The number of fused-ring (bicyclic) bond motifs is 8. The van der Waals surface area contributed by atoms with Crippen molar-refractivity contribution in [3.8, 4) is 0 Å². The fourth-order valence-electron chi connectivity index (χ4n) is 5.00. The zero-order chi connectivity index (χ0) is 30.0. The lowest BCUT2D eigenvalue weighted by atomic mass is 10.0. The van der Waals surface area contributed by atoms with E-state index in [9.17, 15) is 38.9 Å². The van der Waals surface area contributed by atoms with Crippen LogP contribution >= 0.6 is 0 Å². The number of benzene rings is 1. The summed E-state index contributed by atoms with van der Waals surface area (Å²) in [4.78, 5) is 9.21. The summed E-state index contributed by atoms with van der Waals surface area (Å²) < 4.78 is 106. The molecule has 1 aromatic carbocycles. The normalized spacial score (nSPS) is 14.5. The monoisotopic (exact) mass is 628 g/mol. The zero-order valence-corrected chi connectivity index (χ0v) is 23.5. The van der Waals surface area contributed by atoms with Crippen molar-refractivity contribution in [3.63, 3.8) is 0 Å². The van der Waals surface area contributed by atoms with Crippen molar-refractivity contribution in [2.45, 2.75) is 0 Å². The minimum absolute atomic E-state index is 0.0612. The number of nitrogens with one attached hydrogen (secondary N) is 4. The Bertz CT molecular complexity index is 2480. The second kappa shape index (κ2) is 9.55. The summed E-state index contributed by atoms with van der Waals surface area (Å²) in [6.07, 6.45) is 0. The van der Waals surface area contributed by atoms with Gasteiger partial charge in [-0.1, -0.05) is 30.3 Å². The second-order valence-corrected chi connectivity index (χ2v) is 13.4. The van der Waals surface area contributed by atoms with E-state index >= 15 is 0 Å². The SMILES string of the molecule is O=S(=O)(O)C1=c2ccc([nH]2)=C(c2ccccc2)c2ccc([nH]2)C(S(=O)(=O)O)=c2ccc([nH]2)=C(S(=O)(=O)O)c2ccc1[nH]2. The molecule has 1 aliphatic rings. The number of aromatic amines is 4. The van der Waals surface area contributed by atoms with Gasteiger partial charge in [0.15, 0.2) is 0 Å². The molecule has 42 heavy (non-hydrogen) atoms. The fraction of sp³-hybridized carbons (Fsp3) is 0. The van der Waals surface area contributed by atoms with Crippen LogP contribution in [0.3, 0.4) is 0 Å². The van der Waals surface area contributed by atoms with Gasteiger partial charge in [-0.05, 0) is 54.1 Å². The van der Waals surface area contributed by atoms with Crippen molar-refractivity contribution in [3.05, 3.63) is 129 Å². The number of H-pyrrole nitrogens is 4. The Hall–Kier alpha value is -4.45. The molecular formula is C26H20N4O9S3. The van der Waals surface area contributed by atoms with Crippen molar-refractivity contribution in [2.75, 3.05) is 0 Å². The summed E-state index contributed by atoms with van der Waals surface area (Å²) >= 11 is 0. The molecule has 13 nitrogen and oxygen atoms in total. The summed E-state index contributed by atoms with van der Waals surface area (Å²) in [6.45, 7) is 0. The first-order chi connectivity index (χ1) is 19.7. The lowest BCUT2D eigenvalue weighted by Gasteiger charge is -2.07. The first kappa shape index (κ1) is 27.7. The number of aromatic nitrogens is 4. The van der Waals surface area contributed by atoms with Crippen molar-refractivity contribution in [1.29, 1.82) is 0 Å². The minimum Gasteiger partial charge on any atom is -0.354 e. The summed E-state index contributed by atoms with van der Waals surface area (Å²) in [7, 11) is -14.8. The maximum absolute atomic E-state index is 12.6. The highest BCUT2D eigenvalue weighted by Crippen LogP contribution is 2.25. The van der Waals surface area contributed by atoms with Crippen LogP contribution in [0.1, 0.15) is 28.3 Å². The van der Waals surface area contributed by atoms with E-state index in [1.165, 1.54) is 24.3 Å². The van der Waals surface area contributed by atoms with Crippen LogP contribution < -0.4 is 21.4 Å². The highest BCUT2D eigenvalue weighted by atomic mass is 32.2. The summed E-state index contributed by atoms with van der Waals surface area (Å²) in [6, 6.07) is 19.5. The van der Waals surface area contributed by atoms with E-state index in [1.807, 2.05) is 0 Å². The van der Waals surface area contributed by atoms with Gasteiger partial charge in [0.1, 0.15) is 14.7 Å². The van der Waals surface area contributed by atoms with Crippen LogP contribution in [0.15, 0.2) is 78.9 Å². The first-order valence-corrected chi connectivity index (χ1v) is 16.3. The van der Waals surface area contributed by atoms with Crippen molar-refractivity contribution in [1.82, 2.24) is 19.9 Å². The Morgan fingerprint density at radius 1 is 0.405 bits per heavy atom. The van der Waals surface area contributed by atoms with Gasteiger partial charge in [-0.25, -0.2) is 0 Å². The van der Waals surface area contributed by atoms with Gasteiger partial charge in [0.2, 0.25) is 0 Å². The van der Waals surface area contributed by atoms with Crippen LogP contribution in [0.25, 0.3) is 20.3 Å². The van der Waals surface area contributed by atoms with Gasteiger partial charge in [0.05, 0.1) is 33.1 Å². The maximum atomic E-state index is 12.6. The lowest BCUT2D eigenvalue weighted by Crippen LogP contribution is -2.23. The van der Waals surface area contributed by atoms with Gasteiger partial charge in [0.25, 0.3) is 30.4 Å². The van der Waals surface area contributed by atoms with Crippen molar-refractivity contribution < 1.29 is 38.9 Å². The van der Waals surface area contributed by atoms with E-state index in [0.717, 1.165) is 12.1 Å². The molecule has 1 aliphatic heterocycles. The van der Waals surface area contributed by atoms with Gasteiger partial charge in [-0.2, -0.15) is 25.3 Å². The molecule has 0 spiro atoms. The molecule has 0 amide bonds. The highest BCUT2D eigenvalue weighted by molar-refractivity contribution is 7.96. The fourth-order valence-corrected chi connectivity index (χ4v) is 7.38. The molecule has 8 bridgehead atoms. The third kappa shape index (κ3) is 4.85. The molecule has 0 aliphatic carbocycles. The molecule has 4 aromatic heterocycles. The van der Waals surface area contributed by atoms with E-state index in [-0.39, 0.29) is 33.1 Å². The maximum Gasteiger partial charge on any atom is 0.298 e. The molecule has 5 heterocycles. The van der Waals surface area contributed by atoms with Crippen LogP contribution in [-0.2, 0) is 30.4 Å². The predicted molar refractivity (Wildman–Crippen MR) is 152 cm³/mol. The van der Waals surface area contributed by atoms with Crippen LogP contribution in [-0.4, -0.2) is 58.8 Å². The van der Waals surface area contributed by atoms with Gasteiger partial charge in [0, 0.05) is 16.6 Å². The topological polar surface area (TPSA) is 226 Å². The van der Waals surface area contributed by atoms with Gasteiger partial charge < -0.3 is 19.9 Å². The highest BCUT2D eigenvalue weighted by Gasteiger charge is 2.26. The molecule has 216 valence electrons. The van der Waals surface area contributed by atoms with E-state index < -0.39 is 45.1 Å². The summed E-state index contributed by atoms with van der Waals surface area (Å²) in [5.41, 5.74) is 0.951. The van der Waals surface area contributed by atoms with Crippen molar-refractivity contribution >= 4 is 50.6 Å². The Labute approximate surface area is 237 Å². The number of hydrogen-bond donors (Lipinski definition) is 7. The Morgan fingerprint density at radius 2 is 0.762 bits per heavy atom. The Kier molecular flexibility index (Phi) is 6.30. The van der Waals surface area contributed by atoms with Gasteiger partial charge >= 0.3 is 0 Å². The van der Waals surface area contributed by atoms with Crippen LogP contribution in [0, 0.1) is 0 Å². The molecule has 0 saturated carbocycles. The Morgan fingerprint density at radius 3 is 1.19 bits per heavy atom. The third-order valence-electron chi connectivity index (χ3n) is 6.59. The Balaban J connectivity index is 1.86. The molecule has 0 saturated heterocycles. The van der Waals surface area contributed by atoms with E-state index in [1.54, 1.807) is 42.5 Å². The minimum atomic E-state index is -5.02. The predicted octanol–water partition coefficient (Wildman–Crippen LogP) is -0.307. The molecule has 7 N–H and O–H groups in total. The molecule has 0 unspecified atom stereocenters. The largest absolute Gasteiger partial charge is 0.354 e. The van der Waals surface area contributed by atoms with Crippen LogP contribution in [0.5, 0.6) is 0 Å².